The van der Waals surface area contributed by atoms with Crippen molar-refractivity contribution < 1.29 is 14.7 Å². The number of para-hydroxylation sites is 1. The van der Waals surface area contributed by atoms with Gasteiger partial charge in [-0.15, -0.1) is 0 Å². The molecule has 0 saturated heterocycles. The van der Waals surface area contributed by atoms with Crippen LogP contribution in [0.2, 0.25) is 0 Å². The highest BCUT2D eigenvalue weighted by Crippen LogP contribution is 2.19. The van der Waals surface area contributed by atoms with Crippen LogP contribution >= 0.6 is 0 Å². The minimum Gasteiger partial charge on any atom is -0.507 e. The summed E-state index contributed by atoms with van der Waals surface area (Å²) in [6.45, 7) is 0. The first-order chi connectivity index (χ1) is 16.1. The molecular weight excluding hydrogens is 414 g/mol. The van der Waals surface area contributed by atoms with Crippen LogP contribution in [0.25, 0.3) is 16.8 Å². The number of phenolic OH excluding ortho intramolecular Hbond substituents is 1. The van der Waals surface area contributed by atoms with Gasteiger partial charge in [0.15, 0.2) is 0 Å². The highest BCUT2D eigenvalue weighted by Gasteiger charge is 2.15. The molecule has 0 aliphatic carbocycles. The predicted molar refractivity (Wildman–Crippen MR) is 130 cm³/mol. The van der Waals surface area contributed by atoms with E-state index in [1.54, 1.807) is 54.7 Å². The van der Waals surface area contributed by atoms with Crippen molar-refractivity contribution >= 4 is 34.9 Å². The minimum atomic E-state index is -0.626. The van der Waals surface area contributed by atoms with Crippen LogP contribution < -0.4 is 10.7 Å². The third-order valence-electron chi connectivity index (χ3n) is 4.96. The molecule has 0 atom stereocenters. The zero-order valence-corrected chi connectivity index (χ0v) is 17.6. The fourth-order valence-electron chi connectivity index (χ4n) is 3.29. The lowest BCUT2D eigenvalue weighted by molar-refractivity contribution is -0.117. The molecule has 3 N–H and O–H groups in total. The first-order valence-corrected chi connectivity index (χ1v) is 10.3. The number of carbonyl (C=O) groups excluding carboxylic acids is 2. The molecule has 0 fully saturated rings. The van der Waals surface area contributed by atoms with E-state index in [4.69, 9.17) is 0 Å². The van der Waals surface area contributed by atoms with Crippen molar-refractivity contribution in [2.45, 2.75) is 0 Å². The number of nitrogens with one attached hydrogen (secondary N) is 2. The van der Waals surface area contributed by atoms with Gasteiger partial charge in [-0.25, -0.2) is 5.43 Å². The van der Waals surface area contributed by atoms with Crippen LogP contribution in [0.15, 0.2) is 108 Å². The van der Waals surface area contributed by atoms with Gasteiger partial charge in [-0.05, 0) is 35.0 Å². The largest absolute Gasteiger partial charge is 0.507 e. The molecule has 4 aromatic carbocycles. The van der Waals surface area contributed by atoms with Crippen molar-refractivity contribution in [2.75, 3.05) is 0 Å². The van der Waals surface area contributed by atoms with Crippen LogP contribution in [-0.2, 0) is 4.79 Å². The Morgan fingerprint density at radius 3 is 2.24 bits per heavy atom. The Morgan fingerprint density at radius 1 is 0.758 bits per heavy atom. The molecule has 0 bridgehead atoms. The number of phenols is 1. The number of hydrogen-bond donors (Lipinski definition) is 3. The van der Waals surface area contributed by atoms with Gasteiger partial charge in [-0.3, -0.25) is 9.59 Å². The summed E-state index contributed by atoms with van der Waals surface area (Å²) in [5.74, 6) is -1.10. The van der Waals surface area contributed by atoms with Crippen LogP contribution in [0.1, 0.15) is 21.5 Å². The zero-order valence-electron chi connectivity index (χ0n) is 17.6. The van der Waals surface area contributed by atoms with E-state index in [1.807, 2.05) is 42.5 Å². The fraction of sp³-hybridized carbons (Fsp3) is 0. The number of aromatic hydroxyl groups is 1. The third-order valence-corrected chi connectivity index (χ3v) is 4.96. The Balaban J connectivity index is 1.58. The van der Waals surface area contributed by atoms with Crippen molar-refractivity contribution in [1.82, 2.24) is 10.7 Å². The summed E-state index contributed by atoms with van der Waals surface area (Å²) in [5, 5.41) is 18.8. The number of nitrogens with zero attached hydrogens (tertiary/aromatic N) is 1. The lowest BCUT2D eigenvalue weighted by Crippen LogP contribution is -2.32. The maximum absolute atomic E-state index is 12.9. The van der Waals surface area contributed by atoms with Gasteiger partial charge >= 0.3 is 0 Å². The average Bonchev–Trinajstić information content (AvgIpc) is 2.85. The second-order valence-electron chi connectivity index (χ2n) is 7.20. The van der Waals surface area contributed by atoms with E-state index in [9.17, 15) is 14.7 Å². The van der Waals surface area contributed by atoms with E-state index in [-0.39, 0.29) is 11.4 Å². The maximum Gasteiger partial charge on any atom is 0.287 e. The second kappa shape index (κ2) is 10.1. The van der Waals surface area contributed by atoms with E-state index in [0.717, 1.165) is 16.3 Å². The number of rotatable bonds is 6. The van der Waals surface area contributed by atoms with Gasteiger partial charge in [0.2, 0.25) is 0 Å². The first-order valence-electron chi connectivity index (χ1n) is 10.3. The number of hydrazone groups is 1. The smallest absolute Gasteiger partial charge is 0.287 e. The molecule has 0 radical (unpaired) electrons. The molecule has 162 valence electrons. The van der Waals surface area contributed by atoms with E-state index >= 15 is 0 Å². The normalized spacial score (nSPS) is 11.5. The number of fused-ring (bicyclic) bond motifs is 1. The molecule has 0 unspecified atom stereocenters. The SMILES string of the molecule is O=C(NN=Cc1cccc2ccccc12)C(=Cc1ccccc1O)NC(=O)c1ccccc1. The topological polar surface area (TPSA) is 90.8 Å². The molecular formula is C27H21N3O3. The second-order valence-corrected chi connectivity index (χ2v) is 7.20. The molecule has 0 aliphatic heterocycles. The van der Waals surface area contributed by atoms with Gasteiger partial charge in [0.1, 0.15) is 11.4 Å². The molecule has 4 aromatic rings. The zero-order chi connectivity index (χ0) is 23.0. The summed E-state index contributed by atoms with van der Waals surface area (Å²) >= 11 is 0. The quantitative estimate of drug-likeness (QED) is 0.237. The Bertz CT molecular complexity index is 1360. The van der Waals surface area contributed by atoms with Crippen LogP contribution in [0, 0.1) is 0 Å². The van der Waals surface area contributed by atoms with Gasteiger partial charge in [-0.1, -0.05) is 78.9 Å². The Morgan fingerprint density at radius 2 is 1.42 bits per heavy atom. The Hall–Kier alpha value is -4.71. The van der Waals surface area contributed by atoms with Crippen LogP contribution in [0.4, 0.5) is 0 Å². The van der Waals surface area contributed by atoms with Crippen LogP contribution in [-0.4, -0.2) is 23.1 Å². The molecule has 33 heavy (non-hydrogen) atoms. The van der Waals surface area contributed by atoms with Crippen molar-refractivity contribution in [2.24, 2.45) is 5.10 Å². The summed E-state index contributed by atoms with van der Waals surface area (Å²) in [6.07, 6.45) is 2.95. The average molecular weight is 435 g/mol. The van der Waals surface area contributed by atoms with Gasteiger partial charge in [0.25, 0.3) is 11.8 Å². The Kier molecular flexibility index (Phi) is 6.56. The number of carbonyl (C=O) groups is 2. The van der Waals surface area contributed by atoms with Crippen molar-refractivity contribution in [3.63, 3.8) is 0 Å². The fourth-order valence-corrected chi connectivity index (χ4v) is 3.29. The number of amides is 2. The summed E-state index contributed by atoms with van der Waals surface area (Å²) in [6, 6.07) is 28.7. The summed E-state index contributed by atoms with van der Waals surface area (Å²) in [7, 11) is 0. The molecule has 0 aliphatic rings. The predicted octanol–water partition coefficient (Wildman–Crippen LogP) is 4.47. The van der Waals surface area contributed by atoms with Crippen LogP contribution in [0.5, 0.6) is 5.75 Å². The molecule has 6 heteroatoms. The van der Waals surface area contributed by atoms with Crippen molar-refractivity contribution in [3.05, 3.63) is 119 Å². The van der Waals surface area contributed by atoms with E-state index in [2.05, 4.69) is 15.8 Å². The standard InChI is InChI=1S/C27H21N3O3/c31-25-16-7-5-12-21(25)17-24(29-26(32)20-10-2-1-3-11-20)27(33)30-28-18-22-14-8-13-19-9-4-6-15-23(19)22/h1-18,31H,(H,29,32)(H,30,33). The highest BCUT2D eigenvalue weighted by atomic mass is 16.3. The monoisotopic (exact) mass is 435 g/mol. The number of benzene rings is 4. The molecule has 2 amide bonds. The maximum atomic E-state index is 12.9. The highest BCUT2D eigenvalue weighted by molar-refractivity contribution is 6.06. The molecule has 0 aromatic heterocycles. The van der Waals surface area contributed by atoms with Gasteiger partial charge < -0.3 is 10.4 Å². The third kappa shape index (κ3) is 5.32. The lowest BCUT2D eigenvalue weighted by atomic mass is 10.1. The van der Waals surface area contributed by atoms with Gasteiger partial charge in [0, 0.05) is 16.7 Å². The van der Waals surface area contributed by atoms with Crippen molar-refractivity contribution in [1.29, 1.82) is 0 Å². The number of hydrogen-bond acceptors (Lipinski definition) is 4. The summed E-state index contributed by atoms with van der Waals surface area (Å²) in [4.78, 5) is 25.5. The molecule has 0 saturated carbocycles. The van der Waals surface area contributed by atoms with E-state index in [0.29, 0.717) is 11.1 Å². The first kappa shape index (κ1) is 21.5. The van der Waals surface area contributed by atoms with Crippen molar-refractivity contribution in [3.8, 4) is 5.75 Å². The van der Waals surface area contributed by atoms with Crippen LogP contribution in [0.3, 0.4) is 0 Å². The molecule has 0 heterocycles. The van der Waals surface area contributed by atoms with E-state index in [1.165, 1.54) is 12.1 Å². The van der Waals surface area contributed by atoms with E-state index < -0.39 is 11.8 Å². The molecule has 0 spiro atoms. The molecule has 4 rings (SSSR count). The van der Waals surface area contributed by atoms with Gasteiger partial charge in [0.05, 0.1) is 6.21 Å². The minimum absolute atomic E-state index is 0.0176. The van der Waals surface area contributed by atoms with Gasteiger partial charge in [-0.2, -0.15) is 5.10 Å². The lowest BCUT2D eigenvalue weighted by Gasteiger charge is -2.10. The Labute approximate surface area is 190 Å². The molecule has 6 nitrogen and oxygen atoms in total. The summed E-state index contributed by atoms with van der Waals surface area (Å²) in [5.41, 5.74) is 4.02. The summed E-state index contributed by atoms with van der Waals surface area (Å²) < 4.78 is 0.